The number of allylic oxidation sites excluding steroid dienone is 1. The Bertz CT molecular complexity index is 1290. The molecule has 2 aliphatic heterocycles. The number of hydrogen-bond donors (Lipinski definition) is 2. The minimum Gasteiger partial charge on any atom is -0.384 e. The molecular weight excluding hydrogens is 412 g/mol. The van der Waals surface area contributed by atoms with Gasteiger partial charge in [0.05, 0.1) is 16.3 Å². The van der Waals surface area contributed by atoms with Gasteiger partial charge in [-0.3, -0.25) is 14.5 Å². The van der Waals surface area contributed by atoms with Crippen molar-refractivity contribution < 1.29 is 9.59 Å². The fraction of sp³-hybridized carbons (Fsp3) is 0.208. The lowest BCUT2D eigenvalue weighted by molar-refractivity contribution is -0.122. The minimum atomic E-state index is -1.55. The number of nitrogens with one attached hydrogen (secondary N) is 1. The number of rotatable bonds is 1. The van der Waals surface area contributed by atoms with Crippen LogP contribution in [0.5, 0.6) is 0 Å². The second kappa shape index (κ2) is 6.73. The Kier molecular flexibility index (Phi) is 4.21. The second-order valence-electron chi connectivity index (χ2n) is 8.01. The van der Waals surface area contributed by atoms with Gasteiger partial charge in [-0.1, -0.05) is 41.4 Å². The van der Waals surface area contributed by atoms with Gasteiger partial charge in [0.15, 0.2) is 5.78 Å². The van der Waals surface area contributed by atoms with Crippen LogP contribution in [0.2, 0.25) is 5.02 Å². The Morgan fingerprint density at radius 2 is 1.97 bits per heavy atom. The normalized spacial score (nSPS) is 22.4. The van der Waals surface area contributed by atoms with Gasteiger partial charge in [-0.05, 0) is 38.0 Å². The highest BCUT2D eigenvalue weighted by Crippen LogP contribution is 2.55. The lowest BCUT2D eigenvalue weighted by atomic mass is 9.63. The summed E-state index contributed by atoms with van der Waals surface area (Å²) in [7, 11) is 0. The van der Waals surface area contributed by atoms with E-state index in [1.54, 1.807) is 29.2 Å². The zero-order chi connectivity index (χ0) is 21.9. The van der Waals surface area contributed by atoms with E-state index in [1.807, 2.05) is 25.1 Å². The maximum Gasteiger partial charge on any atom is 0.245 e. The monoisotopic (exact) mass is 430 g/mol. The van der Waals surface area contributed by atoms with Crippen molar-refractivity contribution in [1.82, 2.24) is 0 Å². The third-order valence-electron chi connectivity index (χ3n) is 6.27. The van der Waals surface area contributed by atoms with E-state index in [0.717, 1.165) is 5.56 Å². The molecule has 0 bridgehead atoms. The first-order valence-electron chi connectivity index (χ1n) is 10.1. The van der Waals surface area contributed by atoms with Crippen molar-refractivity contribution >= 4 is 34.7 Å². The van der Waals surface area contributed by atoms with Crippen LogP contribution in [0.15, 0.2) is 65.1 Å². The van der Waals surface area contributed by atoms with Crippen molar-refractivity contribution in [2.24, 2.45) is 5.73 Å². The predicted molar refractivity (Wildman–Crippen MR) is 118 cm³/mol. The largest absolute Gasteiger partial charge is 0.384 e. The quantitative estimate of drug-likeness (QED) is 0.710. The molecule has 154 valence electrons. The number of ketones is 1. The molecule has 0 saturated carbocycles. The highest BCUT2D eigenvalue weighted by Gasteiger charge is 2.60. The molecule has 1 amide bonds. The van der Waals surface area contributed by atoms with Crippen LogP contribution in [-0.2, 0) is 15.0 Å². The standard InChI is InChI=1S/C24H19ClN4O2/c1-13-9-10-17-14(11-13)24(23(31)28-17)15(12-26)22(27)29(18-6-3-2-5-16(18)25)19-7-4-8-20(30)21(19)24/h2-3,5-6,9-11H,4,7-8,27H2,1H3,(H,28,31)/t24-/m0/s1. The number of nitrogens with zero attached hydrogens (tertiary/aromatic N) is 2. The van der Waals surface area contributed by atoms with Crippen LogP contribution in [0.3, 0.4) is 0 Å². The molecule has 3 aliphatic rings. The van der Waals surface area contributed by atoms with E-state index in [2.05, 4.69) is 11.4 Å². The van der Waals surface area contributed by atoms with Crippen LogP contribution >= 0.6 is 11.6 Å². The summed E-state index contributed by atoms with van der Waals surface area (Å²) in [6.07, 6.45) is 1.48. The molecule has 2 heterocycles. The van der Waals surface area contributed by atoms with Crippen molar-refractivity contribution in [3.05, 3.63) is 81.3 Å². The number of nitriles is 1. The van der Waals surface area contributed by atoms with Crippen molar-refractivity contribution in [3.8, 4) is 6.07 Å². The van der Waals surface area contributed by atoms with Crippen molar-refractivity contribution in [2.75, 3.05) is 10.2 Å². The molecule has 0 unspecified atom stereocenters. The van der Waals surface area contributed by atoms with Crippen LogP contribution in [0.25, 0.3) is 0 Å². The van der Waals surface area contributed by atoms with Gasteiger partial charge in [-0.25, -0.2) is 0 Å². The number of halogens is 1. The van der Waals surface area contributed by atoms with Crippen molar-refractivity contribution in [3.63, 3.8) is 0 Å². The number of amides is 1. The van der Waals surface area contributed by atoms with Crippen LogP contribution in [0, 0.1) is 18.3 Å². The molecule has 1 aliphatic carbocycles. The Hall–Kier alpha value is -3.56. The first-order chi connectivity index (χ1) is 14.9. The first-order valence-corrected chi connectivity index (χ1v) is 10.4. The Morgan fingerprint density at radius 1 is 1.19 bits per heavy atom. The highest BCUT2D eigenvalue weighted by atomic mass is 35.5. The fourth-order valence-corrected chi connectivity index (χ4v) is 5.23. The van der Waals surface area contributed by atoms with Gasteiger partial charge in [0.1, 0.15) is 17.3 Å². The molecule has 0 radical (unpaired) electrons. The number of nitrogens with two attached hydrogens (primary N) is 1. The minimum absolute atomic E-state index is 0.0447. The second-order valence-corrected chi connectivity index (χ2v) is 8.42. The van der Waals surface area contributed by atoms with E-state index in [-0.39, 0.29) is 17.2 Å². The first kappa shape index (κ1) is 19.4. The summed E-state index contributed by atoms with van der Waals surface area (Å²) in [5.41, 5.74) is 8.73. The number of benzene rings is 2. The number of Topliss-reactive ketones (excluding diaryl/α,β-unsaturated/α-hetero) is 1. The summed E-state index contributed by atoms with van der Waals surface area (Å²) in [4.78, 5) is 28.6. The van der Waals surface area contributed by atoms with Crippen molar-refractivity contribution in [1.29, 1.82) is 5.26 Å². The smallest absolute Gasteiger partial charge is 0.245 e. The molecule has 6 nitrogen and oxygen atoms in total. The van der Waals surface area contributed by atoms with Crippen LogP contribution in [-0.4, -0.2) is 11.7 Å². The molecule has 2 aromatic rings. The lowest BCUT2D eigenvalue weighted by Crippen LogP contribution is -2.50. The number of anilines is 2. The maximum atomic E-state index is 13.6. The third-order valence-corrected chi connectivity index (χ3v) is 6.59. The molecule has 3 N–H and O–H groups in total. The van der Waals surface area contributed by atoms with Gasteiger partial charge < -0.3 is 11.1 Å². The molecule has 2 aromatic carbocycles. The molecular formula is C24H19ClN4O2. The number of aryl methyl sites for hydroxylation is 1. The number of fused-ring (bicyclic) bond motifs is 3. The van der Waals surface area contributed by atoms with E-state index in [0.29, 0.717) is 52.5 Å². The summed E-state index contributed by atoms with van der Waals surface area (Å²) in [5, 5.41) is 13.6. The van der Waals surface area contributed by atoms with E-state index in [4.69, 9.17) is 17.3 Å². The summed E-state index contributed by atoms with van der Waals surface area (Å²) >= 11 is 6.47. The van der Waals surface area contributed by atoms with E-state index < -0.39 is 11.3 Å². The summed E-state index contributed by atoms with van der Waals surface area (Å²) in [6, 6.07) is 14.8. The van der Waals surface area contributed by atoms with E-state index >= 15 is 0 Å². The zero-order valence-electron chi connectivity index (χ0n) is 16.8. The average molecular weight is 431 g/mol. The van der Waals surface area contributed by atoms with Gasteiger partial charge >= 0.3 is 0 Å². The Labute approximate surface area is 184 Å². The Balaban J connectivity index is 1.91. The third kappa shape index (κ3) is 2.44. The fourth-order valence-electron chi connectivity index (χ4n) is 5.01. The molecule has 0 saturated heterocycles. The molecule has 31 heavy (non-hydrogen) atoms. The zero-order valence-corrected chi connectivity index (χ0v) is 17.6. The lowest BCUT2D eigenvalue weighted by Gasteiger charge is -2.43. The van der Waals surface area contributed by atoms with Crippen LogP contribution in [0.4, 0.5) is 11.4 Å². The molecule has 1 atom stereocenters. The van der Waals surface area contributed by atoms with Gasteiger partial charge in [-0.15, -0.1) is 0 Å². The number of carbonyl (C=O) groups is 2. The molecule has 1 spiro atoms. The Morgan fingerprint density at radius 3 is 2.71 bits per heavy atom. The molecule has 5 rings (SSSR count). The molecule has 0 aromatic heterocycles. The number of hydrogen-bond acceptors (Lipinski definition) is 5. The summed E-state index contributed by atoms with van der Waals surface area (Å²) < 4.78 is 0. The van der Waals surface area contributed by atoms with Gasteiger partial charge in [0.2, 0.25) is 5.91 Å². The van der Waals surface area contributed by atoms with E-state index in [1.165, 1.54) is 0 Å². The van der Waals surface area contributed by atoms with E-state index in [9.17, 15) is 14.9 Å². The maximum absolute atomic E-state index is 13.6. The summed E-state index contributed by atoms with van der Waals surface area (Å²) in [5.74, 6) is -0.453. The van der Waals surface area contributed by atoms with Gasteiger partial charge in [0.25, 0.3) is 0 Å². The molecule has 7 heteroatoms. The van der Waals surface area contributed by atoms with Gasteiger partial charge in [0, 0.05) is 28.9 Å². The number of para-hydroxylation sites is 1. The van der Waals surface area contributed by atoms with Crippen molar-refractivity contribution in [2.45, 2.75) is 31.6 Å². The number of carbonyl (C=O) groups excluding carboxylic acids is 2. The predicted octanol–water partition coefficient (Wildman–Crippen LogP) is 4.06. The highest BCUT2D eigenvalue weighted by molar-refractivity contribution is 6.33. The SMILES string of the molecule is Cc1ccc2c(c1)[C@]1(C(=O)N2)C(C#N)=C(N)N(c2ccccc2Cl)C2=C1C(=O)CCC2. The molecule has 0 fully saturated rings. The summed E-state index contributed by atoms with van der Waals surface area (Å²) in [6.45, 7) is 1.91. The topological polar surface area (TPSA) is 99.2 Å². The van der Waals surface area contributed by atoms with Gasteiger partial charge in [-0.2, -0.15) is 5.26 Å². The van der Waals surface area contributed by atoms with Crippen LogP contribution < -0.4 is 16.0 Å². The average Bonchev–Trinajstić information content (AvgIpc) is 3.01. The van der Waals surface area contributed by atoms with Crippen LogP contribution in [0.1, 0.15) is 30.4 Å².